The molecular weight excluding hydrogens is 330 g/mol. The SMILES string of the molecule is CC(=O)c1cccc(NC(=O)N2CCCC2C(=O)Nc2ccccc2)c1. The second kappa shape index (κ2) is 7.82. The summed E-state index contributed by atoms with van der Waals surface area (Å²) in [6.07, 6.45) is 1.40. The molecule has 134 valence electrons. The first-order valence-electron chi connectivity index (χ1n) is 8.59. The highest BCUT2D eigenvalue weighted by molar-refractivity contribution is 6.00. The summed E-state index contributed by atoms with van der Waals surface area (Å²) in [7, 11) is 0. The zero-order valence-corrected chi connectivity index (χ0v) is 14.6. The molecule has 1 heterocycles. The molecule has 1 unspecified atom stereocenters. The summed E-state index contributed by atoms with van der Waals surface area (Å²) in [6, 6.07) is 15.1. The standard InChI is InChI=1S/C20H21N3O3/c1-14(24)15-7-5-10-17(13-15)22-20(26)23-12-6-11-18(23)19(25)21-16-8-3-2-4-9-16/h2-5,7-10,13,18H,6,11-12H2,1H3,(H,21,25)(H,22,26). The summed E-state index contributed by atoms with van der Waals surface area (Å²) in [6.45, 7) is 2.00. The number of rotatable bonds is 4. The summed E-state index contributed by atoms with van der Waals surface area (Å²) in [5.41, 5.74) is 1.78. The van der Waals surface area contributed by atoms with Gasteiger partial charge in [-0.1, -0.05) is 30.3 Å². The van der Waals surface area contributed by atoms with Gasteiger partial charge in [0.15, 0.2) is 5.78 Å². The van der Waals surface area contributed by atoms with Crippen LogP contribution in [-0.4, -0.2) is 35.2 Å². The van der Waals surface area contributed by atoms with Crippen LogP contribution in [0.2, 0.25) is 0 Å². The summed E-state index contributed by atoms with van der Waals surface area (Å²) in [5, 5.41) is 5.63. The highest BCUT2D eigenvalue weighted by atomic mass is 16.2. The Labute approximate surface area is 152 Å². The van der Waals surface area contributed by atoms with Gasteiger partial charge in [0.1, 0.15) is 6.04 Å². The van der Waals surface area contributed by atoms with Crippen molar-refractivity contribution in [2.24, 2.45) is 0 Å². The molecule has 2 aromatic rings. The van der Waals surface area contributed by atoms with E-state index in [1.807, 2.05) is 30.3 Å². The number of hydrogen-bond donors (Lipinski definition) is 2. The zero-order valence-electron chi connectivity index (χ0n) is 14.6. The van der Waals surface area contributed by atoms with E-state index in [0.717, 1.165) is 6.42 Å². The molecule has 1 aliphatic rings. The van der Waals surface area contributed by atoms with Crippen molar-refractivity contribution in [1.82, 2.24) is 4.90 Å². The number of likely N-dealkylation sites (tertiary alicyclic amines) is 1. The summed E-state index contributed by atoms with van der Waals surface area (Å²) in [4.78, 5) is 38.2. The van der Waals surface area contributed by atoms with Gasteiger partial charge in [-0.05, 0) is 44.0 Å². The van der Waals surface area contributed by atoms with Crippen LogP contribution < -0.4 is 10.6 Å². The van der Waals surface area contributed by atoms with Gasteiger partial charge in [-0.15, -0.1) is 0 Å². The number of carbonyl (C=O) groups excluding carboxylic acids is 3. The molecule has 1 saturated heterocycles. The Morgan fingerprint density at radius 3 is 2.42 bits per heavy atom. The molecule has 1 aliphatic heterocycles. The van der Waals surface area contributed by atoms with Crippen LogP contribution in [0.25, 0.3) is 0 Å². The van der Waals surface area contributed by atoms with Crippen molar-refractivity contribution in [2.75, 3.05) is 17.2 Å². The van der Waals surface area contributed by atoms with Crippen LogP contribution in [0.5, 0.6) is 0 Å². The molecule has 3 rings (SSSR count). The fourth-order valence-electron chi connectivity index (χ4n) is 3.04. The van der Waals surface area contributed by atoms with Gasteiger partial charge in [0.2, 0.25) is 5.91 Å². The van der Waals surface area contributed by atoms with Crippen molar-refractivity contribution >= 4 is 29.1 Å². The van der Waals surface area contributed by atoms with E-state index >= 15 is 0 Å². The molecule has 6 heteroatoms. The lowest BCUT2D eigenvalue weighted by Crippen LogP contribution is -2.45. The fourth-order valence-corrected chi connectivity index (χ4v) is 3.04. The van der Waals surface area contributed by atoms with Gasteiger partial charge in [-0.25, -0.2) is 4.79 Å². The summed E-state index contributed by atoms with van der Waals surface area (Å²) in [5.74, 6) is -0.260. The first-order chi connectivity index (χ1) is 12.5. The number of urea groups is 1. The van der Waals surface area contributed by atoms with Gasteiger partial charge in [-0.2, -0.15) is 0 Å². The quantitative estimate of drug-likeness (QED) is 0.827. The molecule has 0 radical (unpaired) electrons. The third kappa shape index (κ3) is 4.08. The topological polar surface area (TPSA) is 78.5 Å². The number of nitrogens with one attached hydrogen (secondary N) is 2. The predicted octanol–water partition coefficient (Wildman–Crippen LogP) is 3.52. The summed E-state index contributed by atoms with van der Waals surface area (Å²) >= 11 is 0. The van der Waals surface area contributed by atoms with Crippen molar-refractivity contribution in [3.05, 3.63) is 60.2 Å². The number of para-hydroxylation sites is 1. The van der Waals surface area contributed by atoms with Gasteiger partial charge in [0.25, 0.3) is 0 Å². The number of ketones is 1. The van der Waals surface area contributed by atoms with Crippen LogP contribution in [0.15, 0.2) is 54.6 Å². The number of amides is 3. The molecule has 0 aromatic heterocycles. The molecule has 26 heavy (non-hydrogen) atoms. The smallest absolute Gasteiger partial charge is 0.322 e. The monoisotopic (exact) mass is 351 g/mol. The molecule has 0 bridgehead atoms. The first kappa shape index (κ1) is 17.7. The van der Waals surface area contributed by atoms with Crippen LogP contribution in [0.4, 0.5) is 16.2 Å². The van der Waals surface area contributed by atoms with Crippen LogP contribution in [-0.2, 0) is 4.79 Å². The van der Waals surface area contributed by atoms with E-state index in [2.05, 4.69) is 10.6 Å². The molecule has 3 amide bonds. The van der Waals surface area contributed by atoms with Gasteiger partial charge in [-0.3, -0.25) is 9.59 Å². The predicted molar refractivity (Wildman–Crippen MR) is 100 cm³/mol. The fraction of sp³-hybridized carbons (Fsp3) is 0.250. The third-order valence-electron chi connectivity index (χ3n) is 4.38. The Balaban J connectivity index is 1.67. The lowest BCUT2D eigenvalue weighted by molar-refractivity contribution is -0.119. The van der Waals surface area contributed by atoms with Crippen molar-refractivity contribution < 1.29 is 14.4 Å². The van der Waals surface area contributed by atoms with Crippen molar-refractivity contribution in [3.8, 4) is 0 Å². The minimum atomic E-state index is -0.508. The number of benzene rings is 2. The third-order valence-corrected chi connectivity index (χ3v) is 4.38. The maximum absolute atomic E-state index is 12.6. The number of carbonyl (C=O) groups is 3. The second-order valence-corrected chi connectivity index (χ2v) is 6.27. The lowest BCUT2D eigenvalue weighted by atomic mass is 10.1. The number of anilines is 2. The average Bonchev–Trinajstić information content (AvgIpc) is 3.13. The molecule has 2 N–H and O–H groups in total. The Morgan fingerprint density at radius 1 is 0.962 bits per heavy atom. The molecule has 0 saturated carbocycles. The largest absolute Gasteiger partial charge is 0.324 e. The average molecular weight is 351 g/mol. The molecule has 0 spiro atoms. The maximum atomic E-state index is 12.6. The summed E-state index contributed by atoms with van der Waals surface area (Å²) < 4.78 is 0. The Hall–Kier alpha value is -3.15. The minimum Gasteiger partial charge on any atom is -0.324 e. The normalized spacial score (nSPS) is 16.2. The zero-order chi connectivity index (χ0) is 18.5. The molecule has 2 aromatic carbocycles. The van der Waals surface area contributed by atoms with Crippen LogP contribution in [0.3, 0.4) is 0 Å². The Bertz CT molecular complexity index is 820. The lowest BCUT2D eigenvalue weighted by Gasteiger charge is -2.24. The second-order valence-electron chi connectivity index (χ2n) is 6.27. The number of hydrogen-bond acceptors (Lipinski definition) is 3. The van der Waals surface area contributed by atoms with Gasteiger partial charge in [0, 0.05) is 23.5 Å². The van der Waals surface area contributed by atoms with E-state index in [1.165, 1.54) is 6.92 Å². The highest BCUT2D eigenvalue weighted by Crippen LogP contribution is 2.21. The Kier molecular flexibility index (Phi) is 5.31. The number of nitrogens with zero attached hydrogens (tertiary/aromatic N) is 1. The molecule has 1 atom stereocenters. The van der Waals surface area contributed by atoms with E-state index in [9.17, 15) is 14.4 Å². The van der Waals surface area contributed by atoms with Gasteiger partial charge in [0.05, 0.1) is 0 Å². The van der Waals surface area contributed by atoms with Crippen LogP contribution >= 0.6 is 0 Å². The van der Waals surface area contributed by atoms with E-state index < -0.39 is 6.04 Å². The Morgan fingerprint density at radius 2 is 1.69 bits per heavy atom. The molecule has 6 nitrogen and oxygen atoms in total. The van der Waals surface area contributed by atoms with E-state index in [-0.39, 0.29) is 17.7 Å². The van der Waals surface area contributed by atoms with E-state index in [0.29, 0.717) is 29.9 Å². The van der Waals surface area contributed by atoms with Crippen molar-refractivity contribution in [1.29, 1.82) is 0 Å². The minimum absolute atomic E-state index is 0.0672. The molecular formula is C20H21N3O3. The molecule has 0 aliphatic carbocycles. The first-order valence-corrected chi connectivity index (χ1v) is 8.59. The van der Waals surface area contributed by atoms with Crippen molar-refractivity contribution in [3.63, 3.8) is 0 Å². The van der Waals surface area contributed by atoms with Gasteiger partial charge >= 0.3 is 6.03 Å². The molecule has 1 fully saturated rings. The van der Waals surface area contributed by atoms with Crippen LogP contribution in [0, 0.1) is 0 Å². The van der Waals surface area contributed by atoms with Gasteiger partial charge < -0.3 is 15.5 Å². The van der Waals surface area contributed by atoms with Crippen LogP contribution in [0.1, 0.15) is 30.1 Å². The van der Waals surface area contributed by atoms with E-state index in [4.69, 9.17) is 0 Å². The number of Topliss-reactive ketones (excluding diaryl/α,β-unsaturated/α-hetero) is 1. The van der Waals surface area contributed by atoms with E-state index in [1.54, 1.807) is 29.2 Å². The van der Waals surface area contributed by atoms with Crippen molar-refractivity contribution in [2.45, 2.75) is 25.8 Å². The highest BCUT2D eigenvalue weighted by Gasteiger charge is 2.34. The maximum Gasteiger partial charge on any atom is 0.322 e.